The monoisotopic (exact) mass is 376 g/mol. The van der Waals surface area contributed by atoms with Crippen molar-refractivity contribution in [2.24, 2.45) is 0 Å². The zero-order valence-corrected chi connectivity index (χ0v) is 15.6. The molecule has 0 unspecified atom stereocenters. The van der Waals surface area contributed by atoms with E-state index in [1.807, 2.05) is 52.7 Å². The molecule has 0 saturated carbocycles. The lowest BCUT2D eigenvalue weighted by atomic mass is 10.0. The Kier molecular flexibility index (Phi) is 5.16. The Labute approximate surface area is 161 Å². The van der Waals surface area contributed by atoms with Crippen LogP contribution in [-0.2, 0) is 13.1 Å². The molecule has 0 radical (unpaired) electrons. The van der Waals surface area contributed by atoms with Gasteiger partial charge in [0.2, 0.25) is 0 Å². The van der Waals surface area contributed by atoms with Crippen molar-refractivity contribution in [2.75, 3.05) is 6.54 Å². The minimum absolute atomic E-state index is 0.173. The summed E-state index contributed by atoms with van der Waals surface area (Å²) in [6, 6.07) is 20.2. The van der Waals surface area contributed by atoms with Gasteiger partial charge < -0.3 is 10.6 Å². The van der Waals surface area contributed by atoms with E-state index in [2.05, 4.69) is 40.0 Å². The molecule has 4 rings (SSSR count). The summed E-state index contributed by atoms with van der Waals surface area (Å²) in [6.07, 6.45) is 1.94. The third-order valence-corrected chi connectivity index (χ3v) is 5.25. The maximum Gasteiger partial charge on any atom is 0.315 e. The van der Waals surface area contributed by atoms with Crippen molar-refractivity contribution in [1.82, 2.24) is 20.4 Å². The van der Waals surface area contributed by atoms with Crippen LogP contribution in [0.1, 0.15) is 5.56 Å². The van der Waals surface area contributed by atoms with Crippen LogP contribution in [-0.4, -0.2) is 22.4 Å². The average molecular weight is 376 g/mol. The third-order valence-electron chi connectivity index (χ3n) is 4.36. The zero-order valence-electron chi connectivity index (χ0n) is 14.8. The van der Waals surface area contributed by atoms with Gasteiger partial charge in [0.1, 0.15) is 5.69 Å². The van der Waals surface area contributed by atoms with Gasteiger partial charge in [-0.3, -0.25) is 4.68 Å². The van der Waals surface area contributed by atoms with Crippen molar-refractivity contribution >= 4 is 28.1 Å². The normalized spacial score (nSPS) is 10.8. The topological polar surface area (TPSA) is 59.0 Å². The summed E-state index contributed by atoms with van der Waals surface area (Å²) in [7, 11) is 0. The van der Waals surface area contributed by atoms with Crippen LogP contribution in [0.2, 0.25) is 0 Å². The highest BCUT2D eigenvalue weighted by Gasteiger charge is 2.05. The molecule has 0 atom stereocenters. The Morgan fingerprint density at radius 2 is 1.89 bits per heavy atom. The molecule has 2 aromatic heterocycles. The Morgan fingerprint density at radius 1 is 1.00 bits per heavy atom. The number of carbonyl (C=O) groups is 1. The van der Waals surface area contributed by atoms with Crippen LogP contribution >= 0.6 is 11.3 Å². The minimum Gasteiger partial charge on any atom is -0.336 e. The van der Waals surface area contributed by atoms with Gasteiger partial charge in [-0.05, 0) is 33.8 Å². The van der Waals surface area contributed by atoms with E-state index in [0.717, 1.165) is 21.5 Å². The van der Waals surface area contributed by atoms with Gasteiger partial charge in [-0.1, -0.05) is 48.5 Å². The number of rotatable bonds is 6. The van der Waals surface area contributed by atoms with Gasteiger partial charge in [-0.15, -0.1) is 11.3 Å². The van der Waals surface area contributed by atoms with Gasteiger partial charge in [-0.2, -0.15) is 5.10 Å². The lowest BCUT2D eigenvalue weighted by molar-refractivity contribution is 0.240. The molecule has 0 aliphatic heterocycles. The molecule has 4 aromatic rings. The quantitative estimate of drug-likeness (QED) is 0.528. The molecule has 2 heterocycles. The van der Waals surface area contributed by atoms with Crippen molar-refractivity contribution < 1.29 is 4.79 Å². The zero-order chi connectivity index (χ0) is 18.5. The summed E-state index contributed by atoms with van der Waals surface area (Å²) < 4.78 is 1.85. The van der Waals surface area contributed by atoms with Crippen molar-refractivity contribution in [3.05, 3.63) is 77.8 Å². The van der Waals surface area contributed by atoms with Crippen LogP contribution in [0.4, 0.5) is 4.79 Å². The van der Waals surface area contributed by atoms with Crippen LogP contribution in [0, 0.1) is 0 Å². The van der Waals surface area contributed by atoms with Crippen molar-refractivity contribution in [1.29, 1.82) is 0 Å². The van der Waals surface area contributed by atoms with Crippen LogP contribution in [0.25, 0.3) is 21.3 Å². The van der Waals surface area contributed by atoms with E-state index in [1.165, 1.54) is 5.39 Å². The van der Waals surface area contributed by atoms with Crippen LogP contribution < -0.4 is 10.6 Å². The summed E-state index contributed by atoms with van der Waals surface area (Å²) >= 11 is 1.67. The Morgan fingerprint density at radius 3 is 2.78 bits per heavy atom. The second-order valence-electron chi connectivity index (χ2n) is 6.19. The molecule has 0 fully saturated rings. The fraction of sp³-hybridized carbons (Fsp3) is 0.143. The maximum absolute atomic E-state index is 12.1. The molecule has 0 spiro atoms. The number of amides is 2. The molecule has 0 bridgehead atoms. The lowest BCUT2D eigenvalue weighted by Crippen LogP contribution is -2.36. The largest absolute Gasteiger partial charge is 0.336 e. The van der Waals surface area contributed by atoms with Crippen LogP contribution in [0.5, 0.6) is 0 Å². The van der Waals surface area contributed by atoms with E-state index in [-0.39, 0.29) is 6.03 Å². The smallest absolute Gasteiger partial charge is 0.315 e. The molecular formula is C21H20N4OS. The molecule has 0 saturated heterocycles. The summed E-state index contributed by atoms with van der Waals surface area (Å²) in [5, 5.41) is 14.7. The van der Waals surface area contributed by atoms with Gasteiger partial charge in [0.25, 0.3) is 0 Å². The van der Waals surface area contributed by atoms with Crippen molar-refractivity contribution in [2.45, 2.75) is 13.1 Å². The standard InChI is InChI=1S/C21H20N4OS/c26-21(23-15-17-7-3-6-16-5-1-2-8-18(16)17)22-11-13-25-12-10-19(24-25)20-9-4-14-27-20/h1-10,12,14H,11,13,15H2,(H2,22,23,26). The number of nitrogens with one attached hydrogen (secondary N) is 2. The molecule has 2 N–H and O–H groups in total. The second kappa shape index (κ2) is 8.05. The SMILES string of the molecule is O=C(NCCn1ccc(-c2cccs2)n1)NCc1cccc2ccccc12. The molecule has 27 heavy (non-hydrogen) atoms. The Balaban J connectivity index is 1.26. The number of carbonyl (C=O) groups excluding carboxylic acids is 1. The van der Waals surface area contributed by atoms with Gasteiger partial charge in [0.05, 0.1) is 11.4 Å². The third kappa shape index (κ3) is 4.17. The van der Waals surface area contributed by atoms with Gasteiger partial charge >= 0.3 is 6.03 Å². The number of thiophene rings is 1. The molecule has 2 amide bonds. The van der Waals surface area contributed by atoms with E-state index in [0.29, 0.717) is 19.6 Å². The van der Waals surface area contributed by atoms with Crippen molar-refractivity contribution in [3.8, 4) is 10.6 Å². The van der Waals surface area contributed by atoms with Crippen LogP contribution in [0.15, 0.2) is 72.2 Å². The van der Waals surface area contributed by atoms with Crippen molar-refractivity contribution in [3.63, 3.8) is 0 Å². The van der Waals surface area contributed by atoms with Gasteiger partial charge in [0.15, 0.2) is 0 Å². The fourth-order valence-corrected chi connectivity index (χ4v) is 3.70. The van der Waals surface area contributed by atoms with Crippen LogP contribution in [0.3, 0.4) is 0 Å². The predicted octanol–water partition coefficient (Wildman–Crippen LogP) is 4.26. The maximum atomic E-state index is 12.1. The number of nitrogens with zero attached hydrogens (tertiary/aromatic N) is 2. The highest BCUT2D eigenvalue weighted by atomic mass is 32.1. The van der Waals surface area contributed by atoms with Gasteiger partial charge in [0, 0.05) is 19.3 Å². The highest BCUT2D eigenvalue weighted by molar-refractivity contribution is 7.13. The number of urea groups is 1. The first-order chi connectivity index (χ1) is 13.3. The molecule has 0 aliphatic carbocycles. The summed E-state index contributed by atoms with van der Waals surface area (Å²) in [5.74, 6) is 0. The number of hydrogen-bond acceptors (Lipinski definition) is 3. The number of aromatic nitrogens is 2. The summed E-state index contributed by atoms with van der Waals surface area (Å²) in [4.78, 5) is 13.2. The molecule has 2 aromatic carbocycles. The molecule has 5 nitrogen and oxygen atoms in total. The Hall–Kier alpha value is -3.12. The first-order valence-electron chi connectivity index (χ1n) is 8.85. The fourth-order valence-electron chi connectivity index (χ4n) is 3.01. The summed E-state index contributed by atoms with van der Waals surface area (Å²) in [5.41, 5.74) is 2.07. The number of fused-ring (bicyclic) bond motifs is 1. The molecule has 136 valence electrons. The number of hydrogen-bond donors (Lipinski definition) is 2. The molecular weight excluding hydrogens is 356 g/mol. The molecule has 0 aliphatic rings. The predicted molar refractivity (Wildman–Crippen MR) is 110 cm³/mol. The Bertz CT molecular complexity index is 1030. The lowest BCUT2D eigenvalue weighted by Gasteiger charge is -2.10. The van der Waals surface area contributed by atoms with E-state index < -0.39 is 0 Å². The minimum atomic E-state index is -0.173. The first kappa shape index (κ1) is 17.3. The average Bonchev–Trinajstić information content (AvgIpc) is 3.38. The second-order valence-corrected chi connectivity index (χ2v) is 7.14. The highest BCUT2D eigenvalue weighted by Crippen LogP contribution is 2.22. The number of benzene rings is 2. The summed E-state index contributed by atoms with van der Waals surface area (Å²) in [6.45, 7) is 1.65. The molecule has 6 heteroatoms. The van der Waals surface area contributed by atoms with E-state index >= 15 is 0 Å². The first-order valence-corrected chi connectivity index (χ1v) is 9.73. The van der Waals surface area contributed by atoms with E-state index in [1.54, 1.807) is 11.3 Å². The van der Waals surface area contributed by atoms with E-state index in [4.69, 9.17) is 0 Å². The van der Waals surface area contributed by atoms with Gasteiger partial charge in [-0.25, -0.2) is 4.79 Å². The van der Waals surface area contributed by atoms with E-state index in [9.17, 15) is 4.79 Å².